The van der Waals surface area contributed by atoms with Gasteiger partial charge < -0.3 is 9.64 Å². The molecule has 2 heterocycles. The second-order valence-corrected chi connectivity index (χ2v) is 5.52. The number of ether oxygens (including phenoxy) is 1. The molecule has 2 aliphatic rings. The fourth-order valence-electron chi connectivity index (χ4n) is 3.53. The molecule has 0 aromatic heterocycles. The molecule has 1 unspecified atom stereocenters. The first-order chi connectivity index (χ1) is 10.2. The van der Waals surface area contributed by atoms with Crippen LogP contribution >= 0.6 is 0 Å². The lowest BCUT2D eigenvalue weighted by molar-refractivity contribution is -0.120. The molecule has 0 radical (unpaired) electrons. The number of carbonyl (C=O) groups excluding carboxylic acids is 1. The summed E-state index contributed by atoms with van der Waals surface area (Å²) in [5, 5.41) is 0. The van der Waals surface area contributed by atoms with E-state index in [0.29, 0.717) is 6.61 Å². The third-order valence-corrected chi connectivity index (χ3v) is 4.52. The number of anilines is 1. The van der Waals surface area contributed by atoms with Crippen LogP contribution in [0, 0.1) is 0 Å². The molecule has 0 fully saturated rings. The first kappa shape index (κ1) is 12.2. The molecule has 1 amide bonds. The summed E-state index contributed by atoms with van der Waals surface area (Å²) in [7, 11) is 1.82. The second kappa shape index (κ2) is 3.98. The maximum Gasteiger partial charge on any atom is 0.246 e. The van der Waals surface area contributed by atoms with Gasteiger partial charge in [0, 0.05) is 23.9 Å². The Bertz CT molecular complexity index is 780. The minimum atomic E-state index is -0.805. The fraction of sp³-hybridized carbons (Fsp3) is 0.167. The van der Waals surface area contributed by atoms with Gasteiger partial charge in [0.25, 0.3) is 0 Å². The lowest BCUT2D eigenvalue weighted by atomic mass is 9.69. The molecule has 2 aromatic rings. The Hall–Kier alpha value is -2.55. The third kappa shape index (κ3) is 1.31. The third-order valence-electron chi connectivity index (χ3n) is 4.52. The van der Waals surface area contributed by atoms with Crippen molar-refractivity contribution in [1.29, 1.82) is 0 Å². The monoisotopic (exact) mass is 277 g/mol. The summed E-state index contributed by atoms with van der Waals surface area (Å²) in [4.78, 5) is 14.8. The van der Waals surface area contributed by atoms with Crippen LogP contribution in [0.15, 0.2) is 60.7 Å². The van der Waals surface area contributed by atoms with Gasteiger partial charge in [-0.3, -0.25) is 4.79 Å². The van der Waals surface area contributed by atoms with E-state index in [1.54, 1.807) is 4.90 Å². The Morgan fingerprint density at radius 2 is 1.76 bits per heavy atom. The zero-order valence-corrected chi connectivity index (χ0v) is 11.8. The molecule has 0 aliphatic carbocycles. The van der Waals surface area contributed by atoms with E-state index in [1.807, 2.05) is 55.6 Å². The number of fused-ring (bicyclic) bond motifs is 4. The van der Waals surface area contributed by atoms with Gasteiger partial charge in [0.2, 0.25) is 5.91 Å². The Balaban J connectivity index is 2.12. The molecule has 104 valence electrons. The van der Waals surface area contributed by atoms with Gasteiger partial charge in [0.1, 0.15) is 17.8 Å². The molecule has 4 rings (SSSR count). The smallest absolute Gasteiger partial charge is 0.246 e. The highest BCUT2D eigenvalue weighted by molar-refractivity contribution is 6.13. The molecule has 0 bridgehead atoms. The molecule has 1 atom stereocenters. The summed E-state index contributed by atoms with van der Waals surface area (Å²) in [5.74, 6) is 0.813. The van der Waals surface area contributed by atoms with Crippen LogP contribution in [0.3, 0.4) is 0 Å². The molecule has 0 saturated heterocycles. The molecule has 0 saturated carbocycles. The standard InChI is InChI=1S/C18H15NO2/c1-12-11-21-16-10-6-4-8-14(16)18(12)13-7-3-5-9-15(13)19(2)17(18)20/h3-10H,1,11H2,2H3. The van der Waals surface area contributed by atoms with E-state index in [-0.39, 0.29) is 5.91 Å². The molecule has 0 N–H and O–H groups in total. The summed E-state index contributed by atoms with van der Waals surface area (Å²) in [6, 6.07) is 15.7. The van der Waals surface area contributed by atoms with Gasteiger partial charge in [0.15, 0.2) is 0 Å². The summed E-state index contributed by atoms with van der Waals surface area (Å²) < 4.78 is 5.75. The summed E-state index contributed by atoms with van der Waals surface area (Å²) in [6.07, 6.45) is 0. The van der Waals surface area contributed by atoms with Crippen molar-refractivity contribution in [2.45, 2.75) is 5.41 Å². The van der Waals surface area contributed by atoms with E-state index in [1.165, 1.54) is 0 Å². The predicted molar refractivity (Wildman–Crippen MR) is 81.7 cm³/mol. The average Bonchev–Trinajstić information content (AvgIpc) is 2.75. The maximum absolute atomic E-state index is 13.1. The highest BCUT2D eigenvalue weighted by atomic mass is 16.5. The van der Waals surface area contributed by atoms with Crippen molar-refractivity contribution in [2.75, 3.05) is 18.6 Å². The molecule has 3 nitrogen and oxygen atoms in total. The molecular formula is C18H15NO2. The van der Waals surface area contributed by atoms with Gasteiger partial charge in [-0.15, -0.1) is 0 Å². The summed E-state index contributed by atoms with van der Waals surface area (Å²) >= 11 is 0. The van der Waals surface area contributed by atoms with Gasteiger partial charge >= 0.3 is 0 Å². The minimum absolute atomic E-state index is 0.0458. The van der Waals surface area contributed by atoms with Crippen molar-refractivity contribution in [3.8, 4) is 5.75 Å². The van der Waals surface area contributed by atoms with Gasteiger partial charge in [-0.2, -0.15) is 0 Å². The Kier molecular flexibility index (Phi) is 2.31. The van der Waals surface area contributed by atoms with Crippen LogP contribution in [-0.2, 0) is 10.2 Å². The average molecular weight is 277 g/mol. The quantitative estimate of drug-likeness (QED) is 0.693. The number of benzene rings is 2. The highest BCUT2D eigenvalue weighted by Gasteiger charge is 2.55. The van der Waals surface area contributed by atoms with Crippen molar-refractivity contribution in [2.24, 2.45) is 0 Å². The fourth-order valence-corrected chi connectivity index (χ4v) is 3.53. The SMILES string of the molecule is C=C1COc2ccccc2C12C(=O)N(C)c1ccccc12. The van der Waals surface area contributed by atoms with Crippen molar-refractivity contribution < 1.29 is 9.53 Å². The largest absolute Gasteiger partial charge is 0.489 e. The van der Waals surface area contributed by atoms with E-state index in [4.69, 9.17) is 4.74 Å². The number of amides is 1. The molecular weight excluding hydrogens is 262 g/mol. The van der Waals surface area contributed by atoms with Crippen LogP contribution in [0.5, 0.6) is 5.75 Å². The zero-order chi connectivity index (χ0) is 14.6. The number of para-hydroxylation sites is 2. The van der Waals surface area contributed by atoms with Crippen molar-refractivity contribution in [1.82, 2.24) is 0 Å². The summed E-state index contributed by atoms with van der Waals surface area (Å²) in [5.41, 5.74) is 2.82. The number of hydrogen-bond donors (Lipinski definition) is 0. The molecule has 21 heavy (non-hydrogen) atoms. The molecule has 2 aromatic carbocycles. The molecule has 2 aliphatic heterocycles. The number of carbonyl (C=O) groups is 1. The van der Waals surface area contributed by atoms with Crippen LogP contribution in [-0.4, -0.2) is 19.6 Å². The van der Waals surface area contributed by atoms with Crippen molar-refractivity contribution in [3.63, 3.8) is 0 Å². The van der Waals surface area contributed by atoms with Gasteiger partial charge in [0.05, 0.1) is 0 Å². The Morgan fingerprint density at radius 3 is 2.57 bits per heavy atom. The predicted octanol–water partition coefficient (Wildman–Crippen LogP) is 2.90. The van der Waals surface area contributed by atoms with E-state index >= 15 is 0 Å². The van der Waals surface area contributed by atoms with Gasteiger partial charge in [-0.1, -0.05) is 43.0 Å². The normalized spacial score (nSPS) is 23.0. The van der Waals surface area contributed by atoms with Crippen LogP contribution in [0.1, 0.15) is 11.1 Å². The van der Waals surface area contributed by atoms with Crippen LogP contribution < -0.4 is 9.64 Å². The van der Waals surface area contributed by atoms with Crippen molar-refractivity contribution in [3.05, 3.63) is 71.8 Å². The van der Waals surface area contributed by atoms with Crippen molar-refractivity contribution >= 4 is 11.6 Å². The zero-order valence-electron chi connectivity index (χ0n) is 11.8. The number of likely N-dealkylation sites (N-methyl/N-ethyl adjacent to an activating group) is 1. The minimum Gasteiger partial charge on any atom is -0.489 e. The van der Waals surface area contributed by atoms with Gasteiger partial charge in [-0.05, 0) is 17.7 Å². The van der Waals surface area contributed by atoms with E-state index in [9.17, 15) is 4.79 Å². The van der Waals surface area contributed by atoms with Crippen LogP contribution in [0.4, 0.5) is 5.69 Å². The first-order valence-corrected chi connectivity index (χ1v) is 6.95. The lowest BCUT2D eigenvalue weighted by Gasteiger charge is -2.36. The maximum atomic E-state index is 13.1. The van der Waals surface area contributed by atoms with Crippen LogP contribution in [0.25, 0.3) is 0 Å². The van der Waals surface area contributed by atoms with E-state index in [2.05, 4.69) is 6.58 Å². The topological polar surface area (TPSA) is 29.5 Å². The second-order valence-electron chi connectivity index (χ2n) is 5.52. The van der Waals surface area contributed by atoms with Gasteiger partial charge in [-0.25, -0.2) is 0 Å². The Labute approximate surface area is 123 Å². The highest BCUT2D eigenvalue weighted by Crippen LogP contribution is 2.53. The Morgan fingerprint density at radius 1 is 1.10 bits per heavy atom. The van der Waals surface area contributed by atoms with E-state index in [0.717, 1.165) is 28.1 Å². The number of nitrogens with zero attached hydrogens (tertiary/aromatic N) is 1. The van der Waals surface area contributed by atoms with Crippen LogP contribution in [0.2, 0.25) is 0 Å². The van der Waals surface area contributed by atoms with E-state index < -0.39 is 5.41 Å². The summed E-state index contributed by atoms with van der Waals surface area (Å²) in [6.45, 7) is 4.53. The first-order valence-electron chi connectivity index (χ1n) is 6.95. The molecule has 1 spiro atoms. The number of rotatable bonds is 0. The molecule has 3 heteroatoms. The number of hydrogen-bond acceptors (Lipinski definition) is 2. The lowest BCUT2D eigenvalue weighted by Crippen LogP contribution is -2.44.